The number of nitrogens with two attached hydrogens (primary N) is 1. The Balaban J connectivity index is 2.43. The van der Waals surface area contributed by atoms with Gasteiger partial charge in [0.15, 0.2) is 5.16 Å². The van der Waals surface area contributed by atoms with E-state index in [2.05, 4.69) is 22.1 Å². The number of nitrogens with zero attached hydrogens (tertiary/aromatic N) is 2. The van der Waals surface area contributed by atoms with Gasteiger partial charge in [-0.3, -0.25) is 5.10 Å². The van der Waals surface area contributed by atoms with Crippen LogP contribution in [-0.4, -0.2) is 26.5 Å². The van der Waals surface area contributed by atoms with E-state index in [1.54, 1.807) is 11.8 Å². The third-order valence-corrected chi connectivity index (χ3v) is 2.65. The second-order valence-electron chi connectivity index (χ2n) is 2.47. The third kappa shape index (κ3) is 2.51. The monoisotopic (exact) mass is 172 g/mol. The molecule has 0 aliphatic heterocycles. The van der Waals surface area contributed by atoms with Crippen molar-refractivity contribution in [2.75, 3.05) is 0 Å². The Morgan fingerprint density at radius 1 is 1.64 bits per heavy atom. The molecular weight excluding hydrogens is 160 g/mol. The highest BCUT2D eigenvalue weighted by Crippen LogP contribution is 2.19. The lowest BCUT2D eigenvalue weighted by atomic mass is 10.3. The Labute approximate surface area is 70.0 Å². The summed E-state index contributed by atoms with van der Waals surface area (Å²) in [7, 11) is 0. The van der Waals surface area contributed by atoms with Crippen LogP contribution in [0.5, 0.6) is 0 Å². The van der Waals surface area contributed by atoms with Gasteiger partial charge in [-0.1, -0.05) is 18.7 Å². The molecule has 5 heteroatoms. The number of thioether (sulfide) groups is 1. The predicted octanol–water partition coefficient (Wildman–Crippen LogP) is 0.633. The first-order valence-electron chi connectivity index (χ1n) is 3.47. The van der Waals surface area contributed by atoms with Gasteiger partial charge in [-0.05, 0) is 6.92 Å². The first-order valence-corrected chi connectivity index (χ1v) is 4.35. The van der Waals surface area contributed by atoms with E-state index < -0.39 is 0 Å². The molecule has 1 aromatic heterocycles. The fraction of sp³-hybridized carbons (Fsp3) is 0.667. The number of H-pyrrole nitrogens is 1. The minimum Gasteiger partial charge on any atom is -0.327 e. The van der Waals surface area contributed by atoms with Gasteiger partial charge in [0.05, 0.1) is 0 Å². The molecule has 0 fully saturated rings. The quantitative estimate of drug-likeness (QED) is 0.656. The molecule has 0 bridgehead atoms. The predicted molar refractivity (Wildman–Crippen MR) is 45.4 cm³/mol. The topological polar surface area (TPSA) is 67.6 Å². The van der Waals surface area contributed by atoms with E-state index in [-0.39, 0.29) is 6.04 Å². The zero-order valence-corrected chi connectivity index (χ0v) is 7.43. The maximum atomic E-state index is 5.67. The van der Waals surface area contributed by atoms with Gasteiger partial charge >= 0.3 is 0 Å². The first-order chi connectivity index (χ1) is 5.20. The van der Waals surface area contributed by atoms with Crippen LogP contribution in [0.4, 0.5) is 0 Å². The van der Waals surface area contributed by atoms with Gasteiger partial charge in [0, 0.05) is 11.3 Å². The van der Waals surface area contributed by atoms with E-state index >= 15 is 0 Å². The summed E-state index contributed by atoms with van der Waals surface area (Å²) in [5, 5.41) is 7.70. The van der Waals surface area contributed by atoms with Crippen LogP contribution in [0.15, 0.2) is 11.5 Å². The zero-order valence-electron chi connectivity index (χ0n) is 6.61. The summed E-state index contributed by atoms with van der Waals surface area (Å²) >= 11 is 1.60. The molecule has 0 radical (unpaired) electrons. The molecule has 3 N–H and O–H groups in total. The molecule has 11 heavy (non-hydrogen) atoms. The van der Waals surface area contributed by atoms with Crippen molar-refractivity contribution in [3.63, 3.8) is 0 Å². The fourth-order valence-electron chi connectivity index (χ4n) is 0.534. The van der Waals surface area contributed by atoms with E-state index in [1.165, 1.54) is 6.33 Å². The van der Waals surface area contributed by atoms with Gasteiger partial charge in [-0.15, -0.1) is 0 Å². The van der Waals surface area contributed by atoms with E-state index in [9.17, 15) is 0 Å². The Bertz CT molecular complexity index is 196. The number of aromatic nitrogens is 3. The minimum absolute atomic E-state index is 0.171. The van der Waals surface area contributed by atoms with Crippen LogP contribution in [0, 0.1) is 0 Å². The van der Waals surface area contributed by atoms with Crippen molar-refractivity contribution >= 4 is 11.8 Å². The Hall–Kier alpha value is -0.550. The highest BCUT2D eigenvalue weighted by Gasteiger charge is 2.10. The number of hydrogen-bond acceptors (Lipinski definition) is 4. The Kier molecular flexibility index (Phi) is 2.90. The second-order valence-corrected chi connectivity index (χ2v) is 3.84. The average Bonchev–Trinajstić information content (AvgIpc) is 2.39. The lowest BCUT2D eigenvalue weighted by molar-refractivity contribution is 0.727. The summed E-state index contributed by atoms with van der Waals surface area (Å²) in [6.07, 6.45) is 1.50. The fourth-order valence-corrected chi connectivity index (χ4v) is 1.31. The molecule has 2 atom stereocenters. The van der Waals surface area contributed by atoms with E-state index in [0.717, 1.165) is 5.16 Å². The van der Waals surface area contributed by atoms with Crippen molar-refractivity contribution in [2.45, 2.75) is 30.3 Å². The molecule has 0 aliphatic carbocycles. The van der Waals surface area contributed by atoms with Gasteiger partial charge in [-0.2, -0.15) is 5.10 Å². The zero-order chi connectivity index (χ0) is 8.27. The Morgan fingerprint density at radius 3 is 2.82 bits per heavy atom. The summed E-state index contributed by atoms with van der Waals surface area (Å²) in [4.78, 5) is 3.98. The van der Waals surface area contributed by atoms with Crippen LogP contribution in [-0.2, 0) is 0 Å². The molecule has 2 unspecified atom stereocenters. The summed E-state index contributed by atoms with van der Waals surface area (Å²) in [6.45, 7) is 4.05. The maximum Gasteiger partial charge on any atom is 0.183 e. The first kappa shape index (κ1) is 8.55. The summed E-state index contributed by atoms with van der Waals surface area (Å²) in [6, 6.07) is 0.171. The summed E-state index contributed by atoms with van der Waals surface area (Å²) < 4.78 is 0. The summed E-state index contributed by atoms with van der Waals surface area (Å²) in [5.41, 5.74) is 5.67. The molecule has 0 aromatic carbocycles. The molecule has 62 valence electrons. The minimum atomic E-state index is 0.171. The lowest BCUT2D eigenvalue weighted by Gasteiger charge is -2.11. The maximum absolute atomic E-state index is 5.67. The van der Waals surface area contributed by atoms with Crippen LogP contribution in [0.25, 0.3) is 0 Å². The molecular formula is C6H12N4S. The molecule has 1 rings (SSSR count). The second kappa shape index (κ2) is 3.73. The molecule has 0 amide bonds. The van der Waals surface area contributed by atoms with E-state index in [4.69, 9.17) is 5.73 Å². The number of aromatic amines is 1. The molecule has 1 heterocycles. The van der Waals surface area contributed by atoms with E-state index in [1.807, 2.05) is 6.92 Å². The normalized spacial score (nSPS) is 16.3. The van der Waals surface area contributed by atoms with Crippen LogP contribution < -0.4 is 5.73 Å². The van der Waals surface area contributed by atoms with Gasteiger partial charge in [0.1, 0.15) is 6.33 Å². The van der Waals surface area contributed by atoms with Gasteiger partial charge in [0.25, 0.3) is 0 Å². The highest BCUT2D eigenvalue weighted by molar-refractivity contribution is 7.99. The standard InChI is InChI=1S/C6H12N4S/c1-4(7)5(2)11-6-8-3-9-10-6/h3-5H,7H2,1-2H3,(H,8,9,10). The van der Waals surface area contributed by atoms with Gasteiger partial charge in [-0.25, -0.2) is 4.98 Å². The van der Waals surface area contributed by atoms with Crippen LogP contribution in [0.3, 0.4) is 0 Å². The van der Waals surface area contributed by atoms with Gasteiger partial charge in [0.2, 0.25) is 0 Å². The molecule has 1 aromatic rings. The summed E-state index contributed by atoms with van der Waals surface area (Å²) in [5.74, 6) is 0. The third-order valence-electron chi connectivity index (χ3n) is 1.43. The Morgan fingerprint density at radius 2 is 2.36 bits per heavy atom. The molecule has 0 spiro atoms. The molecule has 4 nitrogen and oxygen atoms in total. The molecule has 0 aliphatic rings. The SMILES string of the molecule is CC(N)C(C)Sc1ncn[nH]1. The van der Waals surface area contributed by atoms with Crippen molar-refractivity contribution in [3.8, 4) is 0 Å². The van der Waals surface area contributed by atoms with Crippen molar-refractivity contribution in [1.82, 2.24) is 15.2 Å². The lowest BCUT2D eigenvalue weighted by Crippen LogP contribution is -2.26. The van der Waals surface area contributed by atoms with Crippen LogP contribution in [0.1, 0.15) is 13.8 Å². The number of nitrogens with one attached hydrogen (secondary N) is 1. The van der Waals surface area contributed by atoms with Crippen LogP contribution >= 0.6 is 11.8 Å². The molecule has 0 saturated heterocycles. The average molecular weight is 172 g/mol. The number of hydrogen-bond donors (Lipinski definition) is 2. The van der Waals surface area contributed by atoms with Crippen molar-refractivity contribution in [1.29, 1.82) is 0 Å². The van der Waals surface area contributed by atoms with Crippen molar-refractivity contribution in [3.05, 3.63) is 6.33 Å². The molecule has 0 saturated carbocycles. The van der Waals surface area contributed by atoms with Crippen molar-refractivity contribution in [2.24, 2.45) is 5.73 Å². The number of rotatable bonds is 3. The van der Waals surface area contributed by atoms with Crippen molar-refractivity contribution < 1.29 is 0 Å². The smallest absolute Gasteiger partial charge is 0.183 e. The van der Waals surface area contributed by atoms with E-state index in [0.29, 0.717) is 5.25 Å². The highest BCUT2D eigenvalue weighted by atomic mass is 32.2. The largest absolute Gasteiger partial charge is 0.327 e. The van der Waals surface area contributed by atoms with Crippen LogP contribution in [0.2, 0.25) is 0 Å². The van der Waals surface area contributed by atoms with Gasteiger partial charge < -0.3 is 5.73 Å².